The third-order valence-electron chi connectivity index (χ3n) is 3.86. The summed E-state index contributed by atoms with van der Waals surface area (Å²) in [5, 5.41) is 9.32. The van der Waals surface area contributed by atoms with Gasteiger partial charge in [-0.1, -0.05) is 31.5 Å². The number of hydrogen-bond donors (Lipinski definition) is 1. The van der Waals surface area contributed by atoms with Gasteiger partial charge in [0.05, 0.1) is 0 Å². The minimum absolute atomic E-state index is 0.178. The van der Waals surface area contributed by atoms with Gasteiger partial charge < -0.3 is 10.0 Å². The molecule has 2 rings (SSSR count). The van der Waals surface area contributed by atoms with E-state index in [9.17, 15) is 14.7 Å². The number of amides is 1. The standard InChI is InChI=1S/C15H19NO3/c1-2-11-8-9-16(13(10-11)15(18)19)14(17)12-6-4-3-5-7-12/h3-7,11,13H,2,8-10H2,1H3,(H,18,19). The Bertz CT molecular complexity index is 458. The van der Waals surface area contributed by atoms with Crippen molar-refractivity contribution < 1.29 is 14.7 Å². The second-order valence-corrected chi connectivity index (χ2v) is 5.02. The molecule has 2 atom stereocenters. The van der Waals surface area contributed by atoms with E-state index in [1.165, 1.54) is 4.90 Å². The Kier molecular flexibility index (Phi) is 4.20. The number of rotatable bonds is 3. The van der Waals surface area contributed by atoms with Crippen molar-refractivity contribution in [3.8, 4) is 0 Å². The lowest BCUT2D eigenvalue weighted by Gasteiger charge is -2.37. The quantitative estimate of drug-likeness (QED) is 0.909. The smallest absolute Gasteiger partial charge is 0.326 e. The number of aliphatic carboxylic acids is 1. The lowest BCUT2D eigenvalue weighted by molar-refractivity contribution is -0.144. The SMILES string of the molecule is CCC1CCN(C(=O)c2ccccc2)C(C(=O)O)C1. The number of carbonyl (C=O) groups is 2. The highest BCUT2D eigenvalue weighted by Gasteiger charge is 2.35. The van der Waals surface area contributed by atoms with Gasteiger partial charge in [-0.05, 0) is 30.9 Å². The first-order valence-electron chi connectivity index (χ1n) is 6.72. The normalized spacial score (nSPS) is 23.1. The van der Waals surface area contributed by atoms with Crippen LogP contribution in [0.15, 0.2) is 30.3 Å². The number of benzene rings is 1. The maximum atomic E-state index is 12.4. The number of nitrogens with zero attached hydrogens (tertiary/aromatic N) is 1. The molecular formula is C15H19NO3. The number of likely N-dealkylation sites (tertiary alicyclic amines) is 1. The highest BCUT2D eigenvalue weighted by atomic mass is 16.4. The molecule has 1 aliphatic rings. The fourth-order valence-electron chi connectivity index (χ4n) is 2.63. The van der Waals surface area contributed by atoms with Crippen molar-refractivity contribution >= 4 is 11.9 Å². The zero-order valence-corrected chi connectivity index (χ0v) is 11.1. The fourth-order valence-corrected chi connectivity index (χ4v) is 2.63. The monoisotopic (exact) mass is 261 g/mol. The first-order valence-corrected chi connectivity index (χ1v) is 6.72. The first-order chi connectivity index (χ1) is 9.13. The van der Waals surface area contributed by atoms with Crippen LogP contribution in [0.1, 0.15) is 36.5 Å². The first kappa shape index (κ1) is 13.6. The molecule has 0 saturated carbocycles. The second kappa shape index (κ2) is 5.87. The summed E-state index contributed by atoms with van der Waals surface area (Å²) in [5.41, 5.74) is 0.559. The molecule has 1 aromatic rings. The Hall–Kier alpha value is -1.84. The van der Waals surface area contributed by atoms with Crippen LogP contribution in [0.4, 0.5) is 0 Å². The van der Waals surface area contributed by atoms with Gasteiger partial charge in [-0.3, -0.25) is 4.79 Å². The van der Waals surface area contributed by atoms with Gasteiger partial charge in [0, 0.05) is 12.1 Å². The molecule has 0 spiro atoms. The summed E-state index contributed by atoms with van der Waals surface area (Å²) in [4.78, 5) is 25.2. The van der Waals surface area contributed by atoms with Crippen molar-refractivity contribution in [3.63, 3.8) is 0 Å². The molecule has 4 heteroatoms. The lowest BCUT2D eigenvalue weighted by Crippen LogP contribution is -2.50. The van der Waals surface area contributed by atoms with Crippen LogP contribution in [-0.4, -0.2) is 34.5 Å². The summed E-state index contributed by atoms with van der Waals surface area (Å²) >= 11 is 0. The molecule has 1 N–H and O–H groups in total. The van der Waals surface area contributed by atoms with Gasteiger partial charge in [0.1, 0.15) is 6.04 Å². The number of carboxylic acids is 1. The van der Waals surface area contributed by atoms with Crippen LogP contribution in [0.5, 0.6) is 0 Å². The Balaban J connectivity index is 2.18. The number of hydrogen-bond acceptors (Lipinski definition) is 2. The molecule has 1 aliphatic heterocycles. The van der Waals surface area contributed by atoms with Gasteiger partial charge in [0.25, 0.3) is 5.91 Å². The molecule has 1 fully saturated rings. The van der Waals surface area contributed by atoms with E-state index in [1.807, 2.05) is 6.07 Å². The van der Waals surface area contributed by atoms with Crippen molar-refractivity contribution in [2.75, 3.05) is 6.54 Å². The Morgan fingerprint density at radius 1 is 1.32 bits per heavy atom. The molecule has 4 nitrogen and oxygen atoms in total. The van der Waals surface area contributed by atoms with Crippen LogP contribution in [0, 0.1) is 5.92 Å². The Morgan fingerprint density at radius 2 is 2.00 bits per heavy atom. The molecule has 1 aromatic carbocycles. The zero-order valence-electron chi connectivity index (χ0n) is 11.1. The maximum absolute atomic E-state index is 12.4. The predicted molar refractivity (Wildman–Crippen MR) is 71.9 cm³/mol. The van der Waals surface area contributed by atoms with Crippen LogP contribution in [0.25, 0.3) is 0 Å². The van der Waals surface area contributed by atoms with E-state index in [1.54, 1.807) is 24.3 Å². The van der Waals surface area contributed by atoms with Crippen molar-refractivity contribution in [2.45, 2.75) is 32.2 Å². The molecule has 102 valence electrons. The molecule has 0 aliphatic carbocycles. The second-order valence-electron chi connectivity index (χ2n) is 5.02. The Morgan fingerprint density at radius 3 is 2.58 bits per heavy atom. The van der Waals surface area contributed by atoms with Crippen LogP contribution in [0.2, 0.25) is 0 Å². The van der Waals surface area contributed by atoms with Gasteiger partial charge in [0.15, 0.2) is 0 Å². The van der Waals surface area contributed by atoms with Crippen molar-refractivity contribution in [1.29, 1.82) is 0 Å². The highest BCUT2D eigenvalue weighted by Crippen LogP contribution is 2.26. The van der Waals surface area contributed by atoms with Gasteiger partial charge in [-0.25, -0.2) is 4.79 Å². The summed E-state index contributed by atoms with van der Waals surface area (Å²) in [5.74, 6) is -0.675. The predicted octanol–water partition coefficient (Wildman–Crippen LogP) is 2.40. The van der Waals surface area contributed by atoms with E-state index >= 15 is 0 Å². The van der Waals surface area contributed by atoms with Gasteiger partial charge in [0.2, 0.25) is 0 Å². The number of carboxylic acid groups (broad SMARTS) is 1. The third kappa shape index (κ3) is 2.95. The summed E-state index contributed by atoms with van der Waals surface area (Å²) in [6.07, 6.45) is 2.42. The molecular weight excluding hydrogens is 242 g/mol. The fraction of sp³-hybridized carbons (Fsp3) is 0.467. The summed E-state index contributed by atoms with van der Waals surface area (Å²) in [6, 6.07) is 8.20. The van der Waals surface area contributed by atoms with Crippen molar-refractivity contribution in [1.82, 2.24) is 4.90 Å². The van der Waals surface area contributed by atoms with Crippen LogP contribution in [-0.2, 0) is 4.79 Å². The zero-order chi connectivity index (χ0) is 13.8. The van der Waals surface area contributed by atoms with E-state index in [2.05, 4.69) is 6.92 Å². The highest BCUT2D eigenvalue weighted by molar-refractivity contribution is 5.96. The van der Waals surface area contributed by atoms with Gasteiger partial charge in [-0.15, -0.1) is 0 Å². The van der Waals surface area contributed by atoms with Crippen molar-refractivity contribution in [3.05, 3.63) is 35.9 Å². The third-order valence-corrected chi connectivity index (χ3v) is 3.86. The van der Waals surface area contributed by atoms with Crippen LogP contribution >= 0.6 is 0 Å². The lowest BCUT2D eigenvalue weighted by atomic mass is 9.88. The molecule has 1 saturated heterocycles. The largest absolute Gasteiger partial charge is 0.480 e. The Labute approximate surface area is 113 Å². The van der Waals surface area contributed by atoms with Gasteiger partial charge in [-0.2, -0.15) is 0 Å². The molecule has 0 radical (unpaired) electrons. The number of carbonyl (C=O) groups excluding carboxylic acids is 1. The van der Waals surface area contributed by atoms with E-state index in [0.717, 1.165) is 12.8 Å². The summed E-state index contributed by atoms with van der Waals surface area (Å²) in [7, 11) is 0. The minimum Gasteiger partial charge on any atom is -0.480 e. The molecule has 0 aromatic heterocycles. The van der Waals surface area contributed by atoms with E-state index < -0.39 is 12.0 Å². The average molecular weight is 261 g/mol. The topological polar surface area (TPSA) is 57.6 Å². The van der Waals surface area contributed by atoms with Crippen LogP contribution in [0.3, 0.4) is 0 Å². The summed E-state index contributed by atoms with van der Waals surface area (Å²) in [6.45, 7) is 2.60. The molecule has 1 heterocycles. The molecule has 1 amide bonds. The van der Waals surface area contributed by atoms with E-state index in [-0.39, 0.29) is 5.91 Å². The summed E-state index contributed by atoms with van der Waals surface area (Å²) < 4.78 is 0. The van der Waals surface area contributed by atoms with Crippen molar-refractivity contribution in [2.24, 2.45) is 5.92 Å². The van der Waals surface area contributed by atoms with E-state index in [4.69, 9.17) is 0 Å². The molecule has 2 unspecified atom stereocenters. The maximum Gasteiger partial charge on any atom is 0.326 e. The van der Waals surface area contributed by atoms with Crippen LogP contribution < -0.4 is 0 Å². The number of piperidine rings is 1. The molecule has 0 bridgehead atoms. The van der Waals surface area contributed by atoms with Gasteiger partial charge >= 0.3 is 5.97 Å². The molecule has 19 heavy (non-hydrogen) atoms. The average Bonchev–Trinajstić information content (AvgIpc) is 2.46. The minimum atomic E-state index is -0.901. The van der Waals surface area contributed by atoms with E-state index in [0.29, 0.717) is 24.4 Å².